The molecule has 114 valence electrons. The van der Waals surface area contributed by atoms with Crippen LogP contribution in [-0.2, 0) is 7.05 Å². The quantitative estimate of drug-likeness (QED) is 0.688. The van der Waals surface area contributed by atoms with Gasteiger partial charge in [-0.2, -0.15) is 5.10 Å². The highest BCUT2D eigenvalue weighted by atomic mass is 32.2. The molecular formula is C14H13N3O4S. The van der Waals surface area contributed by atoms with Crippen molar-refractivity contribution in [1.29, 1.82) is 0 Å². The molecule has 0 bridgehead atoms. The zero-order valence-corrected chi connectivity index (χ0v) is 12.8. The third-order valence-electron chi connectivity index (χ3n) is 3.68. The lowest BCUT2D eigenvalue weighted by molar-refractivity contribution is -0.384. The van der Waals surface area contributed by atoms with Gasteiger partial charge < -0.3 is 5.11 Å². The first-order chi connectivity index (χ1) is 10.4. The van der Waals surface area contributed by atoms with Crippen molar-refractivity contribution in [2.24, 2.45) is 7.05 Å². The van der Waals surface area contributed by atoms with E-state index in [9.17, 15) is 20.0 Å². The van der Waals surface area contributed by atoms with Gasteiger partial charge in [0.1, 0.15) is 0 Å². The summed E-state index contributed by atoms with van der Waals surface area (Å²) in [5, 5.41) is 24.4. The van der Waals surface area contributed by atoms with E-state index in [1.807, 2.05) is 6.92 Å². The number of carbonyl (C=O) groups is 1. The molecule has 0 saturated carbocycles. The number of aromatic carboxylic acids is 1. The van der Waals surface area contributed by atoms with Crippen LogP contribution in [0, 0.1) is 10.1 Å². The molecule has 0 radical (unpaired) electrons. The molecule has 0 saturated heterocycles. The highest BCUT2D eigenvalue weighted by Gasteiger charge is 2.34. The molecule has 2 heterocycles. The number of nitro groups is 1. The van der Waals surface area contributed by atoms with Gasteiger partial charge in [-0.3, -0.25) is 14.8 Å². The van der Waals surface area contributed by atoms with E-state index in [4.69, 9.17) is 0 Å². The van der Waals surface area contributed by atoms with E-state index >= 15 is 0 Å². The molecule has 1 N–H and O–H groups in total. The molecule has 1 aliphatic rings. The van der Waals surface area contributed by atoms with E-state index in [-0.39, 0.29) is 16.6 Å². The minimum atomic E-state index is -1.08. The van der Waals surface area contributed by atoms with E-state index in [1.54, 1.807) is 13.1 Å². The summed E-state index contributed by atoms with van der Waals surface area (Å²) in [6.45, 7) is 1.98. The summed E-state index contributed by atoms with van der Waals surface area (Å²) in [7, 11) is 1.66. The largest absolute Gasteiger partial charge is 0.476 e. The van der Waals surface area contributed by atoms with E-state index in [0.29, 0.717) is 16.8 Å². The fourth-order valence-corrected chi connectivity index (χ4v) is 3.99. The number of non-ortho nitro benzene ring substituents is 1. The summed E-state index contributed by atoms with van der Waals surface area (Å²) in [4.78, 5) is 22.9. The molecule has 1 aromatic carbocycles. The summed E-state index contributed by atoms with van der Waals surface area (Å²) in [5.74, 6) is -1.08. The maximum Gasteiger partial charge on any atom is 0.356 e. The minimum absolute atomic E-state index is 0.0154. The van der Waals surface area contributed by atoms with Gasteiger partial charge in [0.05, 0.1) is 10.6 Å². The Kier molecular flexibility index (Phi) is 3.40. The number of hydrogen-bond donors (Lipinski definition) is 1. The van der Waals surface area contributed by atoms with Crippen molar-refractivity contribution in [2.75, 3.05) is 0 Å². The number of nitro benzene ring substituents is 1. The first-order valence-electron chi connectivity index (χ1n) is 6.69. The standard InChI is InChI=1S/C14H13N3O4S/c1-3-9-11-12(14(18)19)15-16(2)13(11)8-6-7(17(20)21)4-5-10(8)22-9/h4-6,9H,3H2,1-2H3,(H,18,19). The zero-order valence-electron chi connectivity index (χ0n) is 11.9. The molecule has 0 fully saturated rings. The fourth-order valence-electron chi connectivity index (χ4n) is 2.74. The topological polar surface area (TPSA) is 98.3 Å². The number of benzene rings is 1. The highest BCUT2D eigenvalue weighted by molar-refractivity contribution is 7.99. The molecule has 22 heavy (non-hydrogen) atoms. The molecule has 3 rings (SSSR count). The van der Waals surface area contributed by atoms with Crippen LogP contribution < -0.4 is 0 Å². The number of aryl methyl sites for hydroxylation is 1. The lowest BCUT2D eigenvalue weighted by Crippen LogP contribution is -2.08. The number of carboxylic acid groups (broad SMARTS) is 1. The second-order valence-electron chi connectivity index (χ2n) is 4.99. The number of hydrogen-bond acceptors (Lipinski definition) is 5. The van der Waals surface area contributed by atoms with Crippen LogP contribution in [-0.4, -0.2) is 25.8 Å². The van der Waals surface area contributed by atoms with Crippen molar-refractivity contribution in [3.8, 4) is 11.3 Å². The smallest absolute Gasteiger partial charge is 0.356 e. The van der Waals surface area contributed by atoms with Gasteiger partial charge in [0.15, 0.2) is 5.69 Å². The van der Waals surface area contributed by atoms with Crippen molar-refractivity contribution < 1.29 is 14.8 Å². The Bertz CT molecular complexity index is 800. The minimum Gasteiger partial charge on any atom is -0.476 e. The Morgan fingerprint density at radius 3 is 2.86 bits per heavy atom. The number of aromatic nitrogens is 2. The van der Waals surface area contributed by atoms with Crippen molar-refractivity contribution in [3.05, 3.63) is 39.6 Å². The molecule has 1 atom stereocenters. The molecular weight excluding hydrogens is 306 g/mol. The molecule has 0 amide bonds. The molecule has 0 spiro atoms. The van der Waals surface area contributed by atoms with Gasteiger partial charge in [-0.1, -0.05) is 6.92 Å². The Balaban J connectivity index is 2.30. The van der Waals surface area contributed by atoms with Gasteiger partial charge in [0, 0.05) is 40.5 Å². The van der Waals surface area contributed by atoms with E-state index in [2.05, 4.69) is 5.10 Å². The SMILES string of the molecule is CCC1Sc2ccc([N+](=O)[O-])cc2-c2c1c(C(=O)O)nn2C. The molecule has 1 unspecified atom stereocenters. The van der Waals surface area contributed by atoms with E-state index in [1.165, 1.54) is 28.6 Å². The van der Waals surface area contributed by atoms with Crippen LogP contribution in [0.5, 0.6) is 0 Å². The van der Waals surface area contributed by atoms with E-state index < -0.39 is 10.9 Å². The Labute approximate surface area is 130 Å². The first-order valence-corrected chi connectivity index (χ1v) is 7.57. The van der Waals surface area contributed by atoms with Crippen LogP contribution in [0.2, 0.25) is 0 Å². The summed E-state index contributed by atoms with van der Waals surface area (Å²) >= 11 is 1.53. The molecule has 8 heteroatoms. The predicted octanol–water partition coefficient (Wildman–Crippen LogP) is 3.25. The van der Waals surface area contributed by atoms with Crippen molar-refractivity contribution in [2.45, 2.75) is 23.5 Å². The van der Waals surface area contributed by atoms with Crippen molar-refractivity contribution in [3.63, 3.8) is 0 Å². The molecule has 7 nitrogen and oxygen atoms in total. The zero-order chi connectivity index (χ0) is 16.0. The van der Waals surface area contributed by atoms with Gasteiger partial charge in [-0.05, 0) is 12.5 Å². The lowest BCUT2D eigenvalue weighted by Gasteiger charge is -2.24. The van der Waals surface area contributed by atoms with Gasteiger partial charge in [-0.15, -0.1) is 11.8 Å². The molecule has 0 aliphatic carbocycles. The van der Waals surface area contributed by atoms with Crippen LogP contribution in [0.4, 0.5) is 5.69 Å². The second kappa shape index (κ2) is 5.13. The number of rotatable bonds is 3. The van der Waals surface area contributed by atoms with Gasteiger partial charge in [0.25, 0.3) is 5.69 Å². The molecule has 1 aliphatic heterocycles. The fraction of sp³-hybridized carbons (Fsp3) is 0.286. The number of nitrogens with zero attached hydrogens (tertiary/aromatic N) is 3. The molecule has 1 aromatic heterocycles. The first kappa shape index (κ1) is 14.6. The summed E-state index contributed by atoms with van der Waals surface area (Å²) in [5.41, 5.74) is 1.98. The lowest BCUT2D eigenvalue weighted by atomic mass is 10.00. The van der Waals surface area contributed by atoms with Gasteiger partial charge in [0.2, 0.25) is 0 Å². The average Bonchev–Trinajstić information content (AvgIpc) is 2.84. The molecule has 2 aromatic rings. The van der Waals surface area contributed by atoms with Crippen LogP contribution in [0.25, 0.3) is 11.3 Å². The van der Waals surface area contributed by atoms with E-state index in [0.717, 1.165) is 11.3 Å². The Hall–Kier alpha value is -2.35. The summed E-state index contributed by atoms with van der Waals surface area (Å²) in [6, 6.07) is 4.68. The summed E-state index contributed by atoms with van der Waals surface area (Å²) < 4.78 is 1.50. The summed E-state index contributed by atoms with van der Waals surface area (Å²) in [6.07, 6.45) is 0.750. The van der Waals surface area contributed by atoms with Crippen LogP contribution >= 0.6 is 11.8 Å². The average molecular weight is 319 g/mol. The maximum atomic E-state index is 11.4. The van der Waals surface area contributed by atoms with Gasteiger partial charge in [-0.25, -0.2) is 4.79 Å². The van der Waals surface area contributed by atoms with Crippen LogP contribution in [0.1, 0.15) is 34.6 Å². The number of fused-ring (bicyclic) bond motifs is 3. The van der Waals surface area contributed by atoms with Crippen LogP contribution in [0.3, 0.4) is 0 Å². The normalized spacial score (nSPS) is 16.0. The maximum absolute atomic E-state index is 11.4. The number of carboxylic acids is 1. The third-order valence-corrected chi connectivity index (χ3v) is 5.14. The third kappa shape index (κ3) is 2.07. The van der Waals surface area contributed by atoms with Crippen molar-refractivity contribution in [1.82, 2.24) is 9.78 Å². The predicted molar refractivity (Wildman–Crippen MR) is 81.1 cm³/mol. The number of thioether (sulfide) groups is 1. The Morgan fingerprint density at radius 1 is 1.55 bits per heavy atom. The highest BCUT2D eigenvalue weighted by Crippen LogP contribution is 2.52. The second-order valence-corrected chi connectivity index (χ2v) is 6.24. The Morgan fingerprint density at radius 2 is 2.27 bits per heavy atom. The van der Waals surface area contributed by atoms with Crippen molar-refractivity contribution >= 4 is 23.4 Å². The van der Waals surface area contributed by atoms with Crippen LogP contribution in [0.15, 0.2) is 23.1 Å². The monoisotopic (exact) mass is 319 g/mol. The van der Waals surface area contributed by atoms with Gasteiger partial charge >= 0.3 is 5.97 Å².